The van der Waals surface area contributed by atoms with Crippen LogP contribution in [-0.2, 0) is 0 Å². The number of fused-ring (bicyclic) bond motifs is 1. The first-order valence-corrected chi connectivity index (χ1v) is 7.72. The largest absolute Gasteiger partial charge is 0.336 e. The molecule has 2 aromatic rings. The first-order chi connectivity index (χ1) is 11.7. The average molecular weight is 338 g/mol. The number of aromatic nitrogens is 3. The van der Waals surface area contributed by atoms with Gasteiger partial charge < -0.3 is 4.90 Å². The Morgan fingerprint density at radius 2 is 1.88 bits per heavy atom. The van der Waals surface area contributed by atoms with Crippen LogP contribution < -0.4 is 0 Å². The van der Waals surface area contributed by atoms with Gasteiger partial charge in [0.25, 0.3) is 5.91 Å². The van der Waals surface area contributed by atoms with Crippen molar-refractivity contribution in [1.29, 1.82) is 0 Å². The summed E-state index contributed by atoms with van der Waals surface area (Å²) in [6, 6.07) is 9.48. The highest BCUT2D eigenvalue weighted by Gasteiger charge is 2.37. The van der Waals surface area contributed by atoms with Crippen molar-refractivity contribution in [3.63, 3.8) is 0 Å². The minimum absolute atomic E-state index is 0.119. The molecule has 3 heterocycles. The van der Waals surface area contributed by atoms with E-state index in [1.807, 2.05) is 30.3 Å². The zero-order valence-corrected chi connectivity index (χ0v) is 12.9. The molecule has 8 heteroatoms. The number of hydrogen-bond acceptors (Lipinski definition) is 3. The van der Waals surface area contributed by atoms with Gasteiger partial charge in [-0.2, -0.15) is 0 Å². The Hall–Kier alpha value is -2.38. The van der Waals surface area contributed by atoms with Crippen molar-refractivity contribution in [3.05, 3.63) is 47.5 Å². The van der Waals surface area contributed by atoms with Gasteiger partial charge in [-0.05, 0) is 12.0 Å². The van der Waals surface area contributed by atoms with Crippen LogP contribution in [-0.4, -0.2) is 45.6 Å². The molecule has 1 fully saturated rings. The Labute approximate surface area is 137 Å². The second kappa shape index (κ2) is 7.02. The van der Waals surface area contributed by atoms with Gasteiger partial charge in [0.05, 0.1) is 6.04 Å². The molecule has 2 aliphatic heterocycles. The van der Waals surface area contributed by atoms with Gasteiger partial charge in [0.15, 0.2) is 12.0 Å². The Balaban J connectivity index is 0.000000526. The summed E-state index contributed by atoms with van der Waals surface area (Å²) in [5, 5.41) is 4.28. The summed E-state index contributed by atoms with van der Waals surface area (Å²) >= 11 is 0. The molecule has 0 aliphatic carbocycles. The number of benzene rings is 1. The van der Waals surface area contributed by atoms with Crippen molar-refractivity contribution in [1.82, 2.24) is 19.7 Å². The highest BCUT2D eigenvalue weighted by atomic mass is 19.3. The van der Waals surface area contributed by atoms with E-state index in [0.717, 1.165) is 25.1 Å². The smallest absolute Gasteiger partial charge is 0.293 e. The van der Waals surface area contributed by atoms with Crippen molar-refractivity contribution < 1.29 is 18.0 Å². The summed E-state index contributed by atoms with van der Waals surface area (Å²) in [4.78, 5) is 18.0. The fourth-order valence-electron chi connectivity index (χ4n) is 2.88. The fraction of sp³-hybridized carbons (Fsp3) is 0.438. The van der Waals surface area contributed by atoms with Gasteiger partial charge in [0.1, 0.15) is 0 Å². The second-order valence-corrected chi connectivity index (χ2v) is 5.61. The lowest BCUT2D eigenvalue weighted by Gasteiger charge is -2.29. The number of rotatable bonds is 2. The molecule has 24 heavy (non-hydrogen) atoms. The molecule has 128 valence electrons. The lowest BCUT2D eigenvalue weighted by atomic mass is 10.0. The summed E-state index contributed by atoms with van der Waals surface area (Å²) in [6.07, 6.45) is 0.176. The van der Waals surface area contributed by atoms with Crippen LogP contribution >= 0.6 is 0 Å². The van der Waals surface area contributed by atoms with E-state index in [2.05, 4.69) is 10.1 Å². The number of carbonyl (C=O) groups excluding carboxylic acids is 1. The molecule has 2 atom stereocenters. The van der Waals surface area contributed by atoms with E-state index in [1.54, 1.807) is 9.58 Å². The van der Waals surface area contributed by atoms with E-state index in [0.29, 0.717) is 6.42 Å². The van der Waals surface area contributed by atoms with Gasteiger partial charge in [-0.15, -0.1) is 5.10 Å². The summed E-state index contributed by atoms with van der Waals surface area (Å²) in [7, 11) is 0. The fourth-order valence-corrected chi connectivity index (χ4v) is 2.88. The SMILES string of the molecule is FCF.O=C(c1nc2n(n1)C(c1ccccc1)CC2F)N1CCC1. The molecule has 5 nitrogen and oxygen atoms in total. The third-order valence-corrected chi connectivity index (χ3v) is 4.18. The van der Waals surface area contributed by atoms with Crippen LogP contribution in [0.2, 0.25) is 0 Å². The van der Waals surface area contributed by atoms with Crippen LogP contribution in [0.5, 0.6) is 0 Å². The third kappa shape index (κ3) is 3.00. The maximum absolute atomic E-state index is 14.2. The molecule has 2 aliphatic rings. The van der Waals surface area contributed by atoms with Gasteiger partial charge in [-0.3, -0.25) is 4.79 Å². The normalized spacial score (nSPS) is 21.5. The van der Waals surface area contributed by atoms with Gasteiger partial charge in [0.2, 0.25) is 12.8 Å². The van der Waals surface area contributed by atoms with E-state index in [4.69, 9.17) is 0 Å². The standard InChI is InChI=1S/C15H15FN4O.CH2F2/c16-11-9-12(10-5-2-1-3-6-10)20-14(11)17-13(18-20)15(21)19-7-4-8-19;2-1-3/h1-3,5-6,11-12H,4,7-9H2;1H2. The first kappa shape index (κ1) is 16.5. The number of amides is 1. The number of halogens is 3. The summed E-state index contributed by atoms with van der Waals surface area (Å²) < 4.78 is 35.0. The number of carbonyl (C=O) groups is 1. The number of alkyl halides is 3. The van der Waals surface area contributed by atoms with E-state index in [9.17, 15) is 18.0 Å². The minimum Gasteiger partial charge on any atom is -0.336 e. The van der Waals surface area contributed by atoms with Crippen molar-refractivity contribution in [2.45, 2.75) is 25.1 Å². The topological polar surface area (TPSA) is 51.0 Å². The monoisotopic (exact) mass is 338 g/mol. The summed E-state index contributed by atoms with van der Waals surface area (Å²) in [5.41, 5.74) is 0.992. The molecule has 4 rings (SSSR count). The molecule has 1 saturated heterocycles. The molecule has 2 unspecified atom stereocenters. The molecular weight excluding hydrogens is 321 g/mol. The van der Waals surface area contributed by atoms with Crippen LogP contribution in [0.4, 0.5) is 13.2 Å². The maximum Gasteiger partial charge on any atom is 0.293 e. The lowest BCUT2D eigenvalue weighted by molar-refractivity contribution is 0.0638. The Bertz CT molecular complexity index is 703. The van der Waals surface area contributed by atoms with Crippen molar-refractivity contribution in [2.24, 2.45) is 0 Å². The molecule has 0 saturated carbocycles. The Morgan fingerprint density at radius 1 is 1.21 bits per heavy atom. The molecule has 0 bridgehead atoms. The summed E-state index contributed by atoms with van der Waals surface area (Å²) in [6.45, 7) is -0.270. The maximum atomic E-state index is 14.2. The third-order valence-electron chi connectivity index (χ3n) is 4.18. The number of hydrogen-bond donors (Lipinski definition) is 0. The molecule has 1 aromatic heterocycles. The van der Waals surface area contributed by atoms with Crippen molar-refractivity contribution in [3.8, 4) is 0 Å². The van der Waals surface area contributed by atoms with Gasteiger partial charge >= 0.3 is 0 Å². The van der Waals surface area contributed by atoms with Crippen LogP contribution in [0.1, 0.15) is 47.1 Å². The van der Waals surface area contributed by atoms with Crippen LogP contribution in [0.15, 0.2) is 30.3 Å². The van der Waals surface area contributed by atoms with E-state index >= 15 is 0 Å². The average Bonchev–Trinajstić information content (AvgIpc) is 3.08. The van der Waals surface area contributed by atoms with Gasteiger partial charge in [0, 0.05) is 19.5 Å². The zero-order valence-electron chi connectivity index (χ0n) is 12.9. The summed E-state index contributed by atoms with van der Waals surface area (Å²) in [5.74, 6) is 0.197. The molecule has 1 aromatic carbocycles. The predicted molar refractivity (Wildman–Crippen MR) is 80.7 cm³/mol. The first-order valence-electron chi connectivity index (χ1n) is 7.72. The Kier molecular flexibility index (Phi) is 4.82. The van der Waals surface area contributed by atoms with Gasteiger partial charge in [-0.25, -0.2) is 22.8 Å². The molecule has 0 N–H and O–H groups in total. The van der Waals surface area contributed by atoms with E-state index < -0.39 is 13.1 Å². The van der Waals surface area contributed by atoms with Gasteiger partial charge in [-0.1, -0.05) is 30.3 Å². The number of likely N-dealkylation sites (tertiary alicyclic amines) is 1. The molecule has 0 radical (unpaired) electrons. The minimum atomic E-state index is -1.75. The number of nitrogens with zero attached hydrogens (tertiary/aromatic N) is 4. The van der Waals surface area contributed by atoms with Crippen LogP contribution in [0, 0.1) is 0 Å². The lowest BCUT2D eigenvalue weighted by Crippen LogP contribution is -2.42. The van der Waals surface area contributed by atoms with Crippen LogP contribution in [0.25, 0.3) is 0 Å². The molecule has 0 spiro atoms. The van der Waals surface area contributed by atoms with E-state index in [-0.39, 0.29) is 23.6 Å². The highest BCUT2D eigenvalue weighted by Crippen LogP contribution is 2.39. The van der Waals surface area contributed by atoms with Crippen molar-refractivity contribution in [2.75, 3.05) is 20.0 Å². The Morgan fingerprint density at radius 3 is 2.46 bits per heavy atom. The quantitative estimate of drug-likeness (QED) is 0.846. The molecule has 1 amide bonds. The van der Waals surface area contributed by atoms with Crippen LogP contribution in [0.3, 0.4) is 0 Å². The zero-order chi connectivity index (χ0) is 17.1. The molecular formula is C16H17F3N4O. The second-order valence-electron chi connectivity index (χ2n) is 5.61. The highest BCUT2D eigenvalue weighted by molar-refractivity contribution is 5.90. The van der Waals surface area contributed by atoms with Crippen molar-refractivity contribution >= 4 is 5.91 Å². The van der Waals surface area contributed by atoms with E-state index in [1.165, 1.54) is 0 Å². The predicted octanol–water partition coefficient (Wildman–Crippen LogP) is 3.01.